The first-order valence-corrected chi connectivity index (χ1v) is 10.6. The molecule has 3 N–H and O–H groups in total. The van der Waals surface area contributed by atoms with Crippen molar-refractivity contribution in [3.8, 4) is 5.75 Å². The van der Waals surface area contributed by atoms with Gasteiger partial charge in [0.2, 0.25) is 0 Å². The highest BCUT2D eigenvalue weighted by Crippen LogP contribution is 2.44. The van der Waals surface area contributed by atoms with E-state index in [-0.39, 0.29) is 11.3 Å². The van der Waals surface area contributed by atoms with Crippen molar-refractivity contribution in [1.29, 1.82) is 0 Å². The molecule has 4 rings (SSSR count). The van der Waals surface area contributed by atoms with E-state index >= 15 is 0 Å². The van der Waals surface area contributed by atoms with Gasteiger partial charge in [-0.15, -0.1) is 11.3 Å². The van der Waals surface area contributed by atoms with Gasteiger partial charge in [0.15, 0.2) is 0 Å². The lowest BCUT2D eigenvalue weighted by atomic mass is 9.84. The Hall–Kier alpha value is -2.31. The van der Waals surface area contributed by atoms with Gasteiger partial charge in [-0.3, -0.25) is 4.79 Å². The van der Waals surface area contributed by atoms with E-state index in [0.29, 0.717) is 12.2 Å². The molecule has 1 amide bonds. The van der Waals surface area contributed by atoms with Gasteiger partial charge in [0.05, 0.1) is 13.2 Å². The first-order chi connectivity index (χ1) is 13.5. The third-order valence-electron chi connectivity index (χ3n) is 5.78. The summed E-state index contributed by atoms with van der Waals surface area (Å²) < 4.78 is 5.25. The number of fused-ring (bicyclic) bond motifs is 1. The first-order valence-electron chi connectivity index (χ1n) is 9.74. The van der Waals surface area contributed by atoms with Crippen LogP contribution in [0.5, 0.6) is 5.75 Å². The van der Waals surface area contributed by atoms with Crippen LogP contribution < -0.4 is 10.1 Å². The second-order valence-electron chi connectivity index (χ2n) is 7.68. The highest BCUT2D eigenvalue weighted by Gasteiger charge is 2.37. The highest BCUT2D eigenvalue weighted by atomic mass is 32.1. The summed E-state index contributed by atoms with van der Waals surface area (Å²) in [4.78, 5) is 18.2. The molecule has 5 nitrogen and oxygen atoms in total. The summed E-state index contributed by atoms with van der Waals surface area (Å²) in [6, 6.07) is 11.7. The number of thiophene rings is 1. The molecule has 3 aromatic rings. The molecule has 1 aromatic carbocycles. The van der Waals surface area contributed by atoms with Crippen molar-refractivity contribution in [2.45, 2.75) is 44.1 Å². The molecule has 0 unspecified atom stereocenters. The van der Waals surface area contributed by atoms with Gasteiger partial charge in [0.1, 0.15) is 11.4 Å². The van der Waals surface area contributed by atoms with Gasteiger partial charge in [0, 0.05) is 38.7 Å². The number of benzene rings is 1. The van der Waals surface area contributed by atoms with Crippen LogP contribution in [0.2, 0.25) is 0 Å². The van der Waals surface area contributed by atoms with Crippen LogP contribution >= 0.6 is 11.3 Å². The van der Waals surface area contributed by atoms with E-state index in [1.807, 2.05) is 30.3 Å². The smallest absolute Gasteiger partial charge is 0.267 e. The molecule has 1 aliphatic rings. The fourth-order valence-corrected chi connectivity index (χ4v) is 5.31. The molecule has 0 radical (unpaired) electrons. The first kappa shape index (κ1) is 19.0. The fraction of sp³-hybridized carbons (Fsp3) is 0.409. The summed E-state index contributed by atoms with van der Waals surface area (Å²) in [6.07, 6.45) is 4.03. The molecule has 1 fully saturated rings. The lowest BCUT2D eigenvalue weighted by Crippen LogP contribution is -2.38. The number of aliphatic hydroxyl groups is 1. The standard InChI is InChI=1S/C22H26N2O3S/c1-14(25)19-7-8-20(28-19)22(9-3-4-10-22)13-23-21(26)18-11-15-5-6-16(27-2)12-17(15)24-18/h5-8,11-12,14,24-25H,3-4,9-10,13H2,1-2H3,(H,23,26)/t14-/m1/s1. The largest absolute Gasteiger partial charge is 0.497 e. The Kier molecular flexibility index (Phi) is 5.17. The van der Waals surface area contributed by atoms with Crippen LogP contribution in [0, 0.1) is 0 Å². The molecule has 6 heteroatoms. The Bertz CT molecular complexity index is 983. The number of methoxy groups -OCH3 is 1. The Morgan fingerprint density at radius 1 is 1.29 bits per heavy atom. The molecule has 0 bridgehead atoms. The van der Waals surface area contributed by atoms with Gasteiger partial charge in [0.25, 0.3) is 5.91 Å². The normalized spacial score (nSPS) is 17.0. The summed E-state index contributed by atoms with van der Waals surface area (Å²) in [6.45, 7) is 2.41. The number of H-pyrrole nitrogens is 1. The molecule has 0 saturated heterocycles. The van der Waals surface area contributed by atoms with Crippen molar-refractivity contribution in [3.63, 3.8) is 0 Å². The van der Waals surface area contributed by atoms with Crippen LogP contribution in [0.4, 0.5) is 0 Å². The van der Waals surface area contributed by atoms with Gasteiger partial charge in [-0.05, 0) is 50.1 Å². The molecule has 1 saturated carbocycles. The molecule has 0 spiro atoms. The van der Waals surface area contributed by atoms with E-state index in [9.17, 15) is 9.90 Å². The molecule has 2 heterocycles. The van der Waals surface area contributed by atoms with Crippen LogP contribution in [0.1, 0.15) is 59.0 Å². The summed E-state index contributed by atoms with van der Waals surface area (Å²) in [5.41, 5.74) is 1.43. The number of rotatable bonds is 6. The van der Waals surface area contributed by atoms with Crippen molar-refractivity contribution in [1.82, 2.24) is 10.3 Å². The third kappa shape index (κ3) is 3.54. The Labute approximate surface area is 168 Å². The van der Waals surface area contributed by atoms with E-state index in [0.717, 1.165) is 34.4 Å². The van der Waals surface area contributed by atoms with Crippen molar-refractivity contribution in [2.75, 3.05) is 13.7 Å². The molecular weight excluding hydrogens is 372 g/mol. The van der Waals surface area contributed by atoms with Crippen LogP contribution in [0.25, 0.3) is 10.9 Å². The van der Waals surface area contributed by atoms with E-state index < -0.39 is 6.10 Å². The zero-order valence-electron chi connectivity index (χ0n) is 16.2. The Morgan fingerprint density at radius 2 is 2.07 bits per heavy atom. The number of ether oxygens (including phenoxy) is 1. The van der Waals surface area contributed by atoms with Crippen molar-refractivity contribution in [2.24, 2.45) is 0 Å². The Balaban J connectivity index is 1.51. The van der Waals surface area contributed by atoms with Gasteiger partial charge in [-0.25, -0.2) is 0 Å². The number of hydrogen-bond acceptors (Lipinski definition) is 4. The quantitative estimate of drug-likeness (QED) is 0.571. The van der Waals surface area contributed by atoms with Gasteiger partial charge in [-0.2, -0.15) is 0 Å². The minimum absolute atomic E-state index is 0.0251. The zero-order valence-corrected chi connectivity index (χ0v) is 17.1. The van der Waals surface area contributed by atoms with Crippen molar-refractivity contribution in [3.05, 3.63) is 51.8 Å². The average Bonchev–Trinajstić information content (AvgIpc) is 3.44. The zero-order chi connectivity index (χ0) is 19.7. The topological polar surface area (TPSA) is 74.3 Å². The number of aromatic nitrogens is 1. The number of carbonyl (C=O) groups is 1. The number of aromatic amines is 1. The summed E-state index contributed by atoms with van der Waals surface area (Å²) in [7, 11) is 1.63. The molecule has 1 aliphatic carbocycles. The van der Waals surface area contributed by atoms with E-state index in [1.165, 1.54) is 17.7 Å². The lowest BCUT2D eigenvalue weighted by molar-refractivity contribution is 0.0939. The van der Waals surface area contributed by atoms with Gasteiger partial charge < -0.3 is 20.1 Å². The van der Waals surface area contributed by atoms with Crippen molar-refractivity contribution < 1.29 is 14.6 Å². The monoisotopic (exact) mass is 398 g/mol. The predicted molar refractivity (Wildman–Crippen MR) is 112 cm³/mol. The summed E-state index contributed by atoms with van der Waals surface area (Å²) >= 11 is 1.67. The van der Waals surface area contributed by atoms with E-state index in [2.05, 4.69) is 16.4 Å². The molecular formula is C22H26N2O3S. The number of aliphatic hydroxyl groups excluding tert-OH is 1. The summed E-state index contributed by atoms with van der Waals surface area (Å²) in [5.74, 6) is 0.673. The third-order valence-corrected chi connectivity index (χ3v) is 7.29. The minimum atomic E-state index is -0.449. The van der Waals surface area contributed by atoms with Crippen LogP contribution in [-0.4, -0.2) is 29.7 Å². The molecule has 148 valence electrons. The van der Waals surface area contributed by atoms with E-state index in [4.69, 9.17) is 4.74 Å². The molecule has 28 heavy (non-hydrogen) atoms. The minimum Gasteiger partial charge on any atom is -0.497 e. The maximum atomic E-state index is 12.8. The molecule has 0 aliphatic heterocycles. The molecule has 1 atom stereocenters. The van der Waals surface area contributed by atoms with Gasteiger partial charge in [-0.1, -0.05) is 12.8 Å². The van der Waals surface area contributed by atoms with Crippen molar-refractivity contribution >= 4 is 28.1 Å². The lowest BCUT2D eigenvalue weighted by Gasteiger charge is -2.28. The van der Waals surface area contributed by atoms with Crippen LogP contribution in [0.15, 0.2) is 36.4 Å². The van der Waals surface area contributed by atoms with Gasteiger partial charge >= 0.3 is 0 Å². The van der Waals surface area contributed by atoms with Crippen LogP contribution in [-0.2, 0) is 5.41 Å². The maximum Gasteiger partial charge on any atom is 0.267 e. The number of carbonyl (C=O) groups excluding carboxylic acids is 1. The number of nitrogens with one attached hydrogen (secondary N) is 2. The Morgan fingerprint density at radius 3 is 2.75 bits per heavy atom. The number of amides is 1. The second-order valence-corrected chi connectivity index (χ2v) is 8.80. The predicted octanol–water partition coefficient (Wildman–Crippen LogP) is 4.53. The number of hydrogen-bond donors (Lipinski definition) is 3. The summed E-state index contributed by atoms with van der Waals surface area (Å²) in [5, 5.41) is 14.0. The SMILES string of the molecule is COc1ccc2cc(C(=O)NCC3(c4ccc([C@@H](C)O)s4)CCCC3)[nH]c2c1. The fourth-order valence-electron chi connectivity index (χ4n) is 4.12. The maximum absolute atomic E-state index is 12.8. The highest BCUT2D eigenvalue weighted by molar-refractivity contribution is 7.12. The molecule has 2 aromatic heterocycles. The second kappa shape index (κ2) is 7.60. The van der Waals surface area contributed by atoms with Crippen LogP contribution in [0.3, 0.4) is 0 Å². The average molecular weight is 399 g/mol. The van der Waals surface area contributed by atoms with E-state index in [1.54, 1.807) is 25.4 Å².